The highest BCUT2D eigenvalue weighted by atomic mass is 79.9. The summed E-state index contributed by atoms with van der Waals surface area (Å²) in [6.45, 7) is -0.0645. The van der Waals surface area contributed by atoms with Crippen molar-refractivity contribution in [2.45, 2.75) is 31.3 Å². The van der Waals surface area contributed by atoms with E-state index in [0.29, 0.717) is 16.5 Å². The van der Waals surface area contributed by atoms with E-state index in [4.69, 9.17) is 0 Å². The van der Waals surface area contributed by atoms with Gasteiger partial charge in [-0.3, -0.25) is 9.69 Å². The summed E-state index contributed by atoms with van der Waals surface area (Å²) in [7, 11) is 0. The molecule has 0 unspecified atom stereocenters. The van der Waals surface area contributed by atoms with E-state index >= 15 is 0 Å². The summed E-state index contributed by atoms with van der Waals surface area (Å²) in [5.74, 6) is -0.722. The van der Waals surface area contributed by atoms with E-state index in [9.17, 15) is 14.0 Å². The summed E-state index contributed by atoms with van der Waals surface area (Å²) in [6.07, 6.45) is 2.36. The largest absolute Gasteiger partial charge is 0.325 e. The van der Waals surface area contributed by atoms with Crippen molar-refractivity contribution in [3.63, 3.8) is 0 Å². The number of fused-ring (bicyclic) bond motifs is 2. The van der Waals surface area contributed by atoms with Gasteiger partial charge >= 0.3 is 6.03 Å². The van der Waals surface area contributed by atoms with E-state index in [2.05, 4.69) is 21.2 Å². The molecule has 2 aromatic rings. The molecule has 1 aliphatic carbocycles. The molecule has 1 aromatic heterocycles. The molecule has 124 valence electrons. The molecule has 1 atom stereocenters. The van der Waals surface area contributed by atoms with Gasteiger partial charge in [-0.15, -0.1) is 11.3 Å². The van der Waals surface area contributed by atoms with Gasteiger partial charge < -0.3 is 5.32 Å². The summed E-state index contributed by atoms with van der Waals surface area (Å²) < 4.78 is 14.7. The second-order valence-electron chi connectivity index (χ2n) is 6.07. The summed E-state index contributed by atoms with van der Waals surface area (Å²) >= 11 is 4.82. The van der Waals surface area contributed by atoms with Gasteiger partial charge in [-0.05, 0) is 42.8 Å². The van der Waals surface area contributed by atoms with E-state index in [1.807, 2.05) is 11.4 Å². The zero-order chi connectivity index (χ0) is 16.9. The molecule has 1 aromatic carbocycles. The van der Waals surface area contributed by atoms with Gasteiger partial charge in [0.05, 0.1) is 6.54 Å². The lowest BCUT2D eigenvalue weighted by molar-refractivity contribution is -0.132. The number of nitrogens with zero attached hydrogens (tertiary/aromatic N) is 1. The van der Waals surface area contributed by atoms with Gasteiger partial charge in [0.25, 0.3) is 5.91 Å². The summed E-state index contributed by atoms with van der Waals surface area (Å²) in [5.41, 5.74) is 0.243. The molecule has 0 saturated carbocycles. The van der Waals surface area contributed by atoms with Gasteiger partial charge in [0.2, 0.25) is 0 Å². The average Bonchev–Trinajstić information content (AvgIpc) is 3.10. The number of carbonyl (C=O) groups excluding carboxylic acids is 2. The van der Waals surface area contributed by atoms with E-state index in [1.165, 1.54) is 6.07 Å². The summed E-state index contributed by atoms with van der Waals surface area (Å²) in [4.78, 5) is 27.8. The maximum Gasteiger partial charge on any atom is 0.325 e. The second-order valence-corrected chi connectivity index (χ2v) is 7.99. The number of thiophene rings is 1. The number of hydrogen-bond donors (Lipinski definition) is 1. The summed E-state index contributed by atoms with van der Waals surface area (Å²) in [6, 6.07) is 6.08. The van der Waals surface area contributed by atoms with Gasteiger partial charge in [0.1, 0.15) is 11.4 Å². The molecule has 24 heavy (non-hydrogen) atoms. The molecule has 3 amide bonds. The zero-order valence-corrected chi connectivity index (χ0v) is 15.0. The van der Waals surface area contributed by atoms with Crippen LogP contribution in [-0.4, -0.2) is 16.8 Å². The molecule has 0 bridgehead atoms. The third-order valence-electron chi connectivity index (χ3n) is 4.68. The molecule has 7 heteroatoms. The Bertz CT molecular complexity index is 853. The molecular formula is C17H14BrFN2O2S. The second kappa shape index (κ2) is 5.67. The fourth-order valence-corrected chi connectivity index (χ4v) is 4.84. The van der Waals surface area contributed by atoms with Crippen molar-refractivity contribution in [3.05, 3.63) is 55.9 Å². The zero-order valence-electron chi connectivity index (χ0n) is 12.6. The maximum atomic E-state index is 14.1. The van der Waals surface area contributed by atoms with Crippen LogP contribution in [0.4, 0.5) is 9.18 Å². The van der Waals surface area contributed by atoms with Crippen LogP contribution in [0.3, 0.4) is 0 Å². The third kappa shape index (κ3) is 2.29. The van der Waals surface area contributed by atoms with E-state index in [0.717, 1.165) is 28.2 Å². The van der Waals surface area contributed by atoms with Gasteiger partial charge in [-0.2, -0.15) is 0 Å². The molecular weight excluding hydrogens is 395 g/mol. The van der Waals surface area contributed by atoms with Gasteiger partial charge in [-0.25, -0.2) is 9.18 Å². The molecule has 4 nitrogen and oxygen atoms in total. The van der Waals surface area contributed by atoms with Crippen molar-refractivity contribution < 1.29 is 14.0 Å². The molecule has 2 aliphatic rings. The molecule has 1 saturated heterocycles. The Morgan fingerprint density at radius 1 is 1.33 bits per heavy atom. The normalized spacial score (nSPS) is 22.8. The van der Waals surface area contributed by atoms with Crippen molar-refractivity contribution >= 4 is 39.2 Å². The van der Waals surface area contributed by atoms with Crippen molar-refractivity contribution in [2.75, 3.05) is 0 Å². The Labute approximate surface area is 150 Å². The molecule has 1 spiro atoms. The molecule has 0 radical (unpaired) electrons. The van der Waals surface area contributed by atoms with Gasteiger partial charge in [0, 0.05) is 20.5 Å². The number of hydrogen-bond acceptors (Lipinski definition) is 3. The lowest BCUT2D eigenvalue weighted by Gasteiger charge is -2.31. The Morgan fingerprint density at radius 2 is 2.17 bits per heavy atom. The van der Waals surface area contributed by atoms with Crippen LogP contribution in [0, 0.1) is 5.82 Å². The van der Waals surface area contributed by atoms with Gasteiger partial charge in [-0.1, -0.05) is 22.0 Å². The SMILES string of the molecule is O=C1N[C@@]2(CCCc3sccc32)C(=O)N1Cc1ccc(Br)cc1F. The summed E-state index contributed by atoms with van der Waals surface area (Å²) in [5, 5.41) is 4.83. The highest BCUT2D eigenvalue weighted by Gasteiger charge is 2.54. The number of aryl methyl sites for hydroxylation is 1. The van der Waals surface area contributed by atoms with Crippen LogP contribution in [0.25, 0.3) is 0 Å². The number of imide groups is 1. The Balaban J connectivity index is 1.68. The molecule has 4 rings (SSSR count). The monoisotopic (exact) mass is 408 g/mol. The fourth-order valence-electron chi connectivity index (χ4n) is 3.51. The standard InChI is InChI=1S/C17H14BrFN2O2S/c18-11-4-3-10(13(19)8-11)9-21-15(22)17(20-16(21)23)6-1-2-14-12(17)5-7-24-14/h3-5,7-8H,1-2,6,9H2,(H,20,23)/t17-/m1/s1. The van der Waals surface area contributed by atoms with Crippen LogP contribution in [-0.2, 0) is 23.3 Å². The minimum Gasteiger partial charge on any atom is -0.319 e. The quantitative estimate of drug-likeness (QED) is 0.765. The van der Waals surface area contributed by atoms with Crippen molar-refractivity contribution in [1.29, 1.82) is 0 Å². The Hall–Kier alpha value is -1.73. The fraction of sp³-hybridized carbons (Fsp3) is 0.294. The number of nitrogens with one attached hydrogen (secondary N) is 1. The van der Waals surface area contributed by atoms with Crippen molar-refractivity contribution in [3.8, 4) is 0 Å². The first kappa shape index (κ1) is 15.8. The van der Waals surface area contributed by atoms with Crippen LogP contribution < -0.4 is 5.32 Å². The molecule has 1 fully saturated rings. The van der Waals surface area contributed by atoms with Crippen molar-refractivity contribution in [2.24, 2.45) is 0 Å². The van der Waals surface area contributed by atoms with Crippen LogP contribution in [0.15, 0.2) is 34.1 Å². The van der Waals surface area contributed by atoms with Gasteiger partial charge in [0.15, 0.2) is 0 Å². The molecule has 1 N–H and O–H groups in total. The van der Waals surface area contributed by atoms with Crippen LogP contribution in [0.1, 0.15) is 28.8 Å². The van der Waals surface area contributed by atoms with Crippen LogP contribution in [0.2, 0.25) is 0 Å². The smallest absolute Gasteiger partial charge is 0.319 e. The lowest BCUT2D eigenvalue weighted by atomic mass is 9.80. The highest BCUT2D eigenvalue weighted by molar-refractivity contribution is 9.10. The number of carbonyl (C=O) groups is 2. The third-order valence-corrected chi connectivity index (χ3v) is 6.15. The van der Waals surface area contributed by atoms with E-state index < -0.39 is 17.4 Å². The van der Waals surface area contributed by atoms with Crippen LogP contribution in [0.5, 0.6) is 0 Å². The lowest BCUT2D eigenvalue weighted by Crippen LogP contribution is -2.46. The predicted molar refractivity (Wildman–Crippen MR) is 92.1 cm³/mol. The average molecular weight is 409 g/mol. The number of rotatable bonds is 2. The first-order chi connectivity index (χ1) is 11.5. The number of halogens is 2. The topological polar surface area (TPSA) is 49.4 Å². The maximum absolute atomic E-state index is 14.1. The minimum absolute atomic E-state index is 0.0645. The van der Waals surface area contributed by atoms with Crippen LogP contribution >= 0.6 is 27.3 Å². The first-order valence-corrected chi connectivity index (χ1v) is 9.33. The Kier molecular flexibility index (Phi) is 3.73. The first-order valence-electron chi connectivity index (χ1n) is 7.66. The predicted octanol–water partition coefficient (Wildman–Crippen LogP) is 3.93. The van der Waals surface area contributed by atoms with Crippen molar-refractivity contribution in [1.82, 2.24) is 10.2 Å². The molecule has 2 heterocycles. The molecule has 1 aliphatic heterocycles. The highest BCUT2D eigenvalue weighted by Crippen LogP contribution is 2.42. The van der Waals surface area contributed by atoms with E-state index in [1.54, 1.807) is 23.5 Å². The van der Waals surface area contributed by atoms with E-state index in [-0.39, 0.29) is 12.5 Å². The number of benzene rings is 1. The number of urea groups is 1. The Morgan fingerprint density at radius 3 is 2.96 bits per heavy atom. The minimum atomic E-state index is -0.976. The number of amides is 3.